The second-order valence-electron chi connectivity index (χ2n) is 5.78. The maximum atomic E-state index is 2.55. The van der Waals surface area contributed by atoms with Gasteiger partial charge in [-0.2, -0.15) is 0 Å². The summed E-state index contributed by atoms with van der Waals surface area (Å²) in [5.41, 5.74) is 0. The van der Waals surface area contributed by atoms with Crippen LogP contribution in [0.15, 0.2) is 24.3 Å². The minimum atomic E-state index is 0.788. The van der Waals surface area contributed by atoms with Gasteiger partial charge in [0.15, 0.2) is 0 Å². The number of allylic oxidation sites excluding steroid dienone is 4. The zero-order valence-corrected chi connectivity index (χ0v) is 12.9. The Hall–Kier alpha value is -0.520. The standard InChI is InChI=1S/C18H32/c1-5-9-10-12-18-16(11-6-2)14-13-15(7-3)17(18)8-4/h10,12-18H,5-9,11H2,1-4H3/b12-10+. The molecule has 104 valence electrons. The predicted molar refractivity (Wildman–Crippen MR) is 82.6 cm³/mol. The van der Waals surface area contributed by atoms with Crippen LogP contribution in [0, 0.1) is 23.7 Å². The average Bonchev–Trinajstić information content (AvgIpc) is 2.40. The molecule has 4 unspecified atom stereocenters. The summed E-state index contributed by atoms with van der Waals surface area (Å²) >= 11 is 0. The first-order chi connectivity index (χ1) is 8.78. The van der Waals surface area contributed by atoms with E-state index < -0.39 is 0 Å². The highest BCUT2D eigenvalue weighted by atomic mass is 14.4. The molecule has 18 heavy (non-hydrogen) atoms. The molecule has 0 aromatic heterocycles. The lowest BCUT2D eigenvalue weighted by atomic mass is 9.67. The van der Waals surface area contributed by atoms with Gasteiger partial charge in [-0.05, 0) is 42.9 Å². The highest BCUT2D eigenvalue weighted by Crippen LogP contribution is 2.40. The van der Waals surface area contributed by atoms with Crippen molar-refractivity contribution in [1.82, 2.24) is 0 Å². The van der Waals surface area contributed by atoms with E-state index in [0.29, 0.717) is 0 Å². The van der Waals surface area contributed by atoms with Crippen molar-refractivity contribution in [2.75, 3.05) is 0 Å². The van der Waals surface area contributed by atoms with E-state index in [-0.39, 0.29) is 0 Å². The van der Waals surface area contributed by atoms with Crippen molar-refractivity contribution in [2.45, 2.75) is 66.2 Å². The Labute approximate surface area is 115 Å². The summed E-state index contributed by atoms with van der Waals surface area (Å²) in [6.45, 7) is 9.29. The van der Waals surface area contributed by atoms with Gasteiger partial charge in [0, 0.05) is 0 Å². The van der Waals surface area contributed by atoms with Crippen molar-refractivity contribution in [3.05, 3.63) is 24.3 Å². The van der Waals surface area contributed by atoms with E-state index in [1.165, 1.54) is 38.5 Å². The highest BCUT2D eigenvalue weighted by molar-refractivity contribution is 5.10. The monoisotopic (exact) mass is 248 g/mol. The van der Waals surface area contributed by atoms with E-state index in [1.54, 1.807) is 0 Å². The van der Waals surface area contributed by atoms with Gasteiger partial charge < -0.3 is 0 Å². The number of unbranched alkanes of at least 4 members (excludes halogenated alkanes) is 1. The minimum Gasteiger partial charge on any atom is -0.0882 e. The van der Waals surface area contributed by atoms with Crippen LogP contribution in [0.2, 0.25) is 0 Å². The zero-order valence-electron chi connectivity index (χ0n) is 12.9. The highest BCUT2D eigenvalue weighted by Gasteiger charge is 2.31. The van der Waals surface area contributed by atoms with Gasteiger partial charge in [-0.15, -0.1) is 0 Å². The fourth-order valence-electron chi connectivity index (χ4n) is 3.50. The van der Waals surface area contributed by atoms with E-state index in [2.05, 4.69) is 52.0 Å². The molecular formula is C18H32. The van der Waals surface area contributed by atoms with E-state index in [4.69, 9.17) is 0 Å². The third-order valence-corrected chi connectivity index (χ3v) is 4.52. The smallest absolute Gasteiger partial charge is 0.0137 e. The quantitative estimate of drug-likeness (QED) is 0.485. The third-order valence-electron chi connectivity index (χ3n) is 4.52. The molecule has 0 amide bonds. The van der Waals surface area contributed by atoms with Gasteiger partial charge in [-0.1, -0.05) is 71.3 Å². The molecule has 0 radical (unpaired) electrons. The first-order valence-electron chi connectivity index (χ1n) is 8.13. The molecule has 0 aromatic carbocycles. The van der Waals surface area contributed by atoms with Crippen LogP contribution in [-0.2, 0) is 0 Å². The lowest BCUT2D eigenvalue weighted by molar-refractivity contribution is 0.216. The van der Waals surface area contributed by atoms with Gasteiger partial charge in [0.05, 0.1) is 0 Å². The topological polar surface area (TPSA) is 0 Å². The van der Waals surface area contributed by atoms with E-state index in [1.807, 2.05) is 0 Å². The Morgan fingerprint density at radius 1 is 0.889 bits per heavy atom. The van der Waals surface area contributed by atoms with Crippen molar-refractivity contribution < 1.29 is 0 Å². The molecular weight excluding hydrogens is 216 g/mol. The van der Waals surface area contributed by atoms with Gasteiger partial charge in [-0.25, -0.2) is 0 Å². The fourth-order valence-corrected chi connectivity index (χ4v) is 3.50. The molecule has 0 nitrogen and oxygen atoms in total. The van der Waals surface area contributed by atoms with Crippen molar-refractivity contribution in [2.24, 2.45) is 23.7 Å². The van der Waals surface area contributed by atoms with Gasteiger partial charge in [0.2, 0.25) is 0 Å². The van der Waals surface area contributed by atoms with Gasteiger partial charge >= 0.3 is 0 Å². The van der Waals surface area contributed by atoms with Crippen LogP contribution in [0.5, 0.6) is 0 Å². The minimum absolute atomic E-state index is 0.788. The second kappa shape index (κ2) is 8.56. The predicted octanol–water partition coefficient (Wildman–Crippen LogP) is 6.00. The molecule has 0 N–H and O–H groups in total. The molecule has 1 aliphatic carbocycles. The first-order valence-corrected chi connectivity index (χ1v) is 8.13. The van der Waals surface area contributed by atoms with E-state index in [0.717, 1.165) is 23.7 Å². The van der Waals surface area contributed by atoms with E-state index in [9.17, 15) is 0 Å². The first kappa shape index (κ1) is 15.5. The summed E-state index contributed by atoms with van der Waals surface area (Å²) in [5, 5.41) is 0. The number of hydrogen-bond donors (Lipinski definition) is 0. The second-order valence-corrected chi connectivity index (χ2v) is 5.78. The van der Waals surface area contributed by atoms with Crippen molar-refractivity contribution >= 4 is 0 Å². The molecule has 0 aromatic rings. The number of rotatable bonds is 7. The molecule has 4 atom stereocenters. The summed E-state index contributed by atoms with van der Waals surface area (Å²) < 4.78 is 0. The maximum absolute atomic E-state index is 2.55. The largest absolute Gasteiger partial charge is 0.0882 e. The van der Waals surface area contributed by atoms with Crippen molar-refractivity contribution in [1.29, 1.82) is 0 Å². The maximum Gasteiger partial charge on any atom is -0.0137 e. The molecule has 0 heterocycles. The van der Waals surface area contributed by atoms with Crippen LogP contribution in [-0.4, -0.2) is 0 Å². The lowest BCUT2D eigenvalue weighted by Gasteiger charge is -2.38. The molecule has 0 fully saturated rings. The summed E-state index contributed by atoms with van der Waals surface area (Å²) in [6.07, 6.45) is 17.8. The van der Waals surface area contributed by atoms with Crippen LogP contribution >= 0.6 is 0 Å². The van der Waals surface area contributed by atoms with Crippen molar-refractivity contribution in [3.8, 4) is 0 Å². The molecule has 0 saturated carbocycles. The van der Waals surface area contributed by atoms with Gasteiger partial charge in [0.1, 0.15) is 0 Å². The Morgan fingerprint density at radius 2 is 1.61 bits per heavy atom. The molecule has 0 saturated heterocycles. The van der Waals surface area contributed by atoms with Crippen LogP contribution in [0.25, 0.3) is 0 Å². The summed E-state index contributed by atoms with van der Waals surface area (Å²) in [7, 11) is 0. The van der Waals surface area contributed by atoms with Gasteiger partial charge in [-0.3, -0.25) is 0 Å². The SMILES string of the molecule is CCC/C=C/C1C(CCC)C=CC(CC)C1CC. The summed E-state index contributed by atoms with van der Waals surface area (Å²) in [4.78, 5) is 0. The molecule has 0 aliphatic heterocycles. The van der Waals surface area contributed by atoms with Gasteiger partial charge in [0.25, 0.3) is 0 Å². The van der Waals surface area contributed by atoms with Crippen molar-refractivity contribution in [3.63, 3.8) is 0 Å². The average molecular weight is 248 g/mol. The Bertz CT molecular complexity index is 261. The molecule has 1 rings (SSSR count). The third kappa shape index (κ3) is 4.00. The Morgan fingerprint density at radius 3 is 2.17 bits per heavy atom. The Kier molecular flexibility index (Phi) is 7.39. The molecule has 0 bridgehead atoms. The molecule has 1 aliphatic rings. The molecule has 0 spiro atoms. The number of hydrogen-bond acceptors (Lipinski definition) is 0. The van der Waals surface area contributed by atoms with Crippen LogP contribution < -0.4 is 0 Å². The lowest BCUT2D eigenvalue weighted by Crippen LogP contribution is -2.29. The summed E-state index contributed by atoms with van der Waals surface area (Å²) in [5.74, 6) is 3.25. The Balaban J connectivity index is 2.83. The summed E-state index contributed by atoms with van der Waals surface area (Å²) in [6, 6.07) is 0. The zero-order chi connectivity index (χ0) is 13.4. The normalized spacial score (nSPS) is 32.2. The van der Waals surface area contributed by atoms with Crippen LogP contribution in [0.1, 0.15) is 66.2 Å². The van der Waals surface area contributed by atoms with Crippen LogP contribution in [0.4, 0.5) is 0 Å². The molecule has 0 heteroatoms. The van der Waals surface area contributed by atoms with Crippen LogP contribution in [0.3, 0.4) is 0 Å². The fraction of sp³-hybridized carbons (Fsp3) is 0.778. The van der Waals surface area contributed by atoms with E-state index >= 15 is 0 Å².